The van der Waals surface area contributed by atoms with E-state index in [1.807, 2.05) is 13.8 Å². The number of carbonyl (C=O) groups is 1. The minimum absolute atomic E-state index is 0.0401. The van der Waals surface area contributed by atoms with Gasteiger partial charge in [-0.2, -0.15) is 0 Å². The lowest BCUT2D eigenvalue weighted by Gasteiger charge is -2.15. The molecular formula is C13H19FN2O2. The smallest absolute Gasteiger partial charge is 0.321 e. The molecule has 0 heterocycles. The first-order valence-electron chi connectivity index (χ1n) is 5.88. The van der Waals surface area contributed by atoms with Crippen LogP contribution in [0.25, 0.3) is 0 Å². The number of urea groups is 1. The van der Waals surface area contributed by atoms with Gasteiger partial charge in [0.15, 0.2) is 11.6 Å². The molecule has 100 valence electrons. The van der Waals surface area contributed by atoms with E-state index in [1.54, 1.807) is 20.2 Å². The number of nitrogens with zero attached hydrogens (tertiary/aromatic N) is 1. The van der Waals surface area contributed by atoms with E-state index >= 15 is 0 Å². The average molecular weight is 254 g/mol. The molecule has 5 heteroatoms. The van der Waals surface area contributed by atoms with E-state index in [0.717, 1.165) is 6.42 Å². The van der Waals surface area contributed by atoms with Gasteiger partial charge in [0.1, 0.15) is 0 Å². The van der Waals surface area contributed by atoms with Gasteiger partial charge >= 0.3 is 6.03 Å². The summed E-state index contributed by atoms with van der Waals surface area (Å²) in [4.78, 5) is 12.8. The number of nitrogens with one attached hydrogen (secondary N) is 1. The van der Waals surface area contributed by atoms with Crippen LogP contribution in [0.5, 0.6) is 5.75 Å². The molecule has 0 aromatic heterocycles. The SMILES string of the molecule is CCC(C)Oc1ccc(NC(=O)N(C)C)cc1F. The fourth-order valence-electron chi connectivity index (χ4n) is 1.21. The van der Waals surface area contributed by atoms with Crippen molar-refractivity contribution in [3.63, 3.8) is 0 Å². The van der Waals surface area contributed by atoms with E-state index in [2.05, 4.69) is 5.32 Å². The van der Waals surface area contributed by atoms with Gasteiger partial charge in [-0.1, -0.05) is 6.92 Å². The van der Waals surface area contributed by atoms with Crippen molar-refractivity contribution in [3.8, 4) is 5.75 Å². The van der Waals surface area contributed by atoms with Crippen LogP contribution in [0.15, 0.2) is 18.2 Å². The first kappa shape index (κ1) is 14.3. The van der Waals surface area contributed by atoms with Gasteiger partial charge in [-0.05, 0) is 25.5 Å². The minimum Gasteiger partial charge on any atom is -0.488 e. The average Bonchev–Trinajstić information content (AvgIpc) is 2.32. The van der Waals surface area contributed by atoms with Crippen LogP contribution in [0.4, 0.5) is 14.9 Å². The third-order valence-electron chi connectivity index (χ3n) is 2.49. The summed E-state index contributed by atoms with van der Waals surface area (Å²) < 4.78 is 19.1. The van der Waals surface area contributed by atoms with Crippen molar-refractivity contribution in [2.45, 2.75) is 26.4 Å². The number of hydrogen-bond acceptors (Lipinski definition) is 2. The van der Waals surface area contributed by atoms with Crippen LogP contribution in [-0.2, 0) is 0 Å². The van der Waals surface area contributed by atoms with Gasteiger partial charge in [-0.25, -0.2) is 9.18 Å². The Morgan fingerprint density at radius 1 is 1.50 bits per heavy atom. The summed E-state index contributed by atoms with van der Waals surface area (Å²) in [5.41, 5.74) is 0.405. The van der Waals surface area contributed by atoms with Crippen molar-refractivity contribution in [1.29, 1.82) is 0 Å². The van der Waals surface area contributed by atoms with E-state index in [4.69, 9.17) is 4.74 Å². The van der Waals surface area contributed by atoms with Crippen molar-refractivity contribution in [3.05, 3.63) is 24.0 Å². The first-order chi connectivity index (χ1) is 8.43. The molecule has 0 bridgehead atoms. The van der Waals surface area contributed by atoms with Crippen LogP contribution in [0.3, 0.4) is 0 Å². The van der Waals surface area contributed by atoms with Crippen molar-refractivity contribution < 1.29 is 13.9 Å². The molecule has 0 saturated heterocycles. The van der Waals surface area contributed by atoms with E-state index in [0.29, 0.717) is 5.69 Å². The van der Waals surface area contributed by atoms with Crippen molar-refractivity contribution in [1.82, 2.24) is 4.90 Å². The number of ether oxygens (including phenoxy) is 1. The minimum atomic E-state index is -0.480. The molecule has 0 aliphatic carbocycles. The molecule has 0 aliphatic heterocycles. The molecule has 4 nitrogen and oxygen atoms in total. The summed E-state index contributed by atoms with van der Waals surface area (Å²) in [6.45, 7) is 3.84. The van der Waals surface area contributed by atoms with Crippen molar-refractivity contribution in [2.24, 2.45) is 0 Å². The maximum Gasteiger partial charge on any atom is 0.321 e. The molecule has 1 atom stereocenters. The fraction of sp³-hybridized carbons (Fsp3) is 0.462. The van der Waals surface area contributed by atoms with Crippen LogP contribution in [-0.4, -0.2) is 31.1 Å². The Morgan fingerprint density at radius 3 is 2.67 bits per heavy atom. The molecular weight excluding hydrogens is 235 g/mol. The third-order valence-corrected chi connectivity index (χ3v) is 2.49. The monoisotopic (exact) mass is 254 g/mol. The summed E-state index contributed by atoms with van der Waals surface area (Å²) in [7, 11) is 3.23. The van der Waals surface area contributed by atoms with Crippen LogP contribution >= 0.6 is 0 Å². The Labute approximate surface area is 107 Å². The van der Waals surface area contributed by atoms with Gasteiger partial charge in [-0.15, -0.1) is 0 Å². The first-order valence-corrected chi connectivity index (χ1v) is 5.88. The Bertz CT molecular complexity index is 421. The van der Waals surface area contributed by atoms with Gasteiger partial charge < -0.3 is 15.0 Å². The Morgan fingerprint density at radius 2 is 2.17 bits per heavy atom. The highest BCUT2D eigenvalue weighted by Gasteiger charge is 2.10. The van der Waals surface area contributed by atoms with Gasteiger partial charge in [-0.3, -0.25) is 0 Å². The summed E-state index contributed by atoms with van der Waals surface area (Å²) in [6, 6.07) is 4.08. The van der Waals surface area contributed by atoms with E-state index in [9.17, 15) is 9.18 Å². The molecule has 1 rings (SSSR count). The van der Waals surface area contributed by atoms with Crippen molar-refractivity contribution in [2.75, 3.05) is 19.4 Å². The highest BCUT2D eigenvalue weighted by molar-refractivity contribution is 5.88. The van der Waals surface area contributed by atoms with Crippen LogP contribution < -0.4 is 10.1 Å². The van der Waals surface area contributed by atoms with Crippen LogP contribution in [0, 0.1) is 5.82 Å². The quantitative estimate of drug-likeness (QED) is 0.897. The Balaban J connectivity index is 2.76. The number of anilines is 1. The third kappa shape index (κ3) is 3.91. The van der Waals surface area contributed by atoms with Gasteiger partial charge in [0.25, 0.3) is 0 Å². The maximum atomic E-state index is 13.7. The summed E-state index contributed by atoms with van der Waals surface area (Å²) in [5.74, 6) is -0.279. The lowest BCUT2D eigenvalue weighted by Crippen LogP contribution is -2.27. The maximum absolute atomic E-state index is 13.7. The van der Waals surface area contributed by atoms with Gasteiger partial charge in [0.2, 0.25) is 0 Å². The topological polar surface area (TPSA) is 41.6 Å². The standard InChI is InChI=1S/C13H19FN2O2/c1-5-9(2)18-12-7-6-10(8-11(12)14)15-13(17)16(3)4/h6-9H,5H2,1-4H3,(H,15,17). The zero-order valence-corrected chi connectivity index (χ0v) is 11.2. The van der Waals surface area contributed by atoms with Gasteiger partial charge in [0.05, 0.1) is 6.10 Å². The Kier molecular flexibility index (Phi) is 4.95. The molecule has 1 aromatic carbocycles. The van der Waals surface area contributed by atoms with Crippen LogP contribution in [0.1, 0.15) is 20.3 Å². The van der Waals surface area contributed by atoms with Crippen molar-refractivity contribution >= 4 is 11.7 Å². The molecule has 0 aliphatic rings. The number of halogens is 1. The van der Waals surface area contributed by atoms with E-state index in [-0.39, 0.29) is 17.9 Å². The summed E-state index contributed by atoms with van der Waals surface area (Å²) >= 11 is 0. The second-order valence-corrected chi connectivity index (χ2v) is 4.31. The highest BCUT2D eigenvalue weighted by atomic mass is 19.1. The molecule has 1 aromatic rings. The number of hydrogen-bond donors (Lipinski definition) is 1. The second-order valence-electron chi connectivity index (χ2n) is 4.31. The largest absolute Gasteiger partial charge is 0.488 e. The Hall–Kier alpha value is -1.78. The molecule has 0 spiro atoms. The van der Waals surface area contributed by atoms with E-state index in [1.165, 1.54) is 17.0 Å². The lowest BCUT2D eigenvalue weighted by molar-refractivity contribution is 0.208. The normalized spacial score (nSPS) is 11.8. The van der Waals surface area contributed by atoms with E-state index < -0.39 is 5.82 Å². The summed E-state index contributed by atoms with van der Waals surface area (Å²) in [5, 5.41) is 2.57. The second kappa shape index (κ2) is 6.23. The number of carbonyl (C=O) groups excluding carboxylic acids is 1. The molecule has 18 heavy (non-hydrogen) atoms. The predicted molar refractivity (Wildman–Crippen MR) is 69.5 cm³/mol. The number of rotatable bonds is 4. The lowest BCUT2D eigenvalue weighted by atomic mass is 10.2. The summed E-state index contributed by atoms with van der Waals surface area (Å²) in [6.07, 6.45) is 0.764. The van der Waals surface area contributed by atoms with Crippen LogP contribution in [0.2, 0.25) is 0 Å². The highest BCUT2D eigenvalue weighted by Crippen LogP contribution is 2.22. The molecule has 2 amide bonds. The predicted octanol–water partition coefficient (Wildman–Crippen LogP) is 3.10. The fourth-order valence-corrected chi connectivity index (χ4v) is 1.21. The molecule has 0 radical (unpaired) electrons. The molecule has 0 fully saturated rings. The zero-order valence-electron chi connectivity index (χ0n) is 11.2. The zero-order chi connectivity index (χ0) is 13.7. The number of benzene rings is 1. The van der Waals surface area contributed by atoms with Gasteiger partial charge in [0, 0.05) is 25.8 Å². The molecule has 1 unspecified atom stereocenters. The molecule has 1 N–H and O–H groups in total. The molecule has 0 saturated carbocycles. The number of amides is 2.